The highest BCUT2D eigenvalue weighted by atomic mass is 28.3. The topological polar surface area (TPSA) is 17.3 Å². The first-order chi connectivity index (χ1) is 16.0. The normalized spacial score (nSPS) is 12.7. The molecule has 0 fully saturated rings. The number of hydrogen-bond donors (Lipinski definition) is 0. The minimum absolute atomic E-state index is 1.09. The van der Waals surface area contributed by atoms with Crippen LogP contribution in [-0.2, 0) is 0 Å². The largest absolute Gasteiger partial charge is 0.308 e. The number of hydrogen-bond acceptors (Lipinski definition) is 1. The highest BCUT2D eigenvalue weighted by Crippen LogP contribution is 2.36. The molecular formula is C30H24N2Si. The Balaban J connectivity index is 1.90. The molecule has 0 aliphatic rings. The Morgan fingerprint density at radius 3 is 2.03 bits per heavy atom. The lowest BCUT2D eigenvalue weighted by atomic mass is 10.0. The lowest BCUT2D eigenvalue weighted by molar-refractivity contribution is 1.35. The van der Waals surface area contributed by atoms with Crippen LogP contribution in [0.2, 0.25) is 19.6 Å². The first kappa shape index (κ1) is 18.8. The molecule has 0 aliphatic heterocycles. The summed E-state index contributed by atoms with van der Waals surface area (Å²) in [5.41, 5.74) is 5.97. The maximum atomic E-state index is 5.32. The van der Waals surface area contributed by atoms with Crippen molar-refractivity contribution in [1.82, 2.24) is 9.38 Å². The average molecular weight is 441 g/mol. The second kappa shape index (κ2) is 6.43. The zero-order valence-electron chi connectivity index (χ0n) is 19.1. The molecule has 33 heavy (non-hydrogen) atoms. The Bertz CT molecular complexity index is 1900. The molecule has 0 saturated heterocycles. The van der Waals surface area contributed by atoms with Gasteiger partial charge in [0, 0.05) is 21.5 Å². The quantitative estimate of drug-likeness (QED) is 0.146. The monoisotopic (exact) mass is 440 g/mol. The third kappa shape index (κ3) is 2.57. The van der Waals surface area contributed by atoms with Gasteiger partial charge in [-0.15, -0.1) is 0 Å². The highest BCUT2D eigenvalue weighted by molar-refractivity contribution is 6.92. The number of rotatable bonds is 1. The number of benzene rings is 4. The van der Waals surface area contributed by atoms with Gasteiger partial charge in [-0.3, -0.25) is 0 Å². The van der Waals surface area contributed by atoms with E-state index in [4.69, 9.17) is 4.98 Å². The third-order valence-electron chi connectivity index (χ3n) is 6.97. The SMILES string of the molecule is C[Si](C)(C)c1c2ccccc2nc2c3cc4ccccc4cc3n3c4ccccc4cc3c12. The van der Waals surface area contributed by atoms with Crippen LogP contribution in [0.1, 0.15) is 0 Å². The fourth-order valence-corrected chi connectivity index (χ4v) is 7.65. The smallest absolute Gasteiger partial charge is 0.0823 e. The van der Waals surface area contributed by atoms with Crippen molar-refractivity contribution in [3.63, 3.8) is 0 Å². The van der Waals surface area contributed by atoms with Crippen LogP contribution in [0.5, 0.6) is 0 Å². The molecule has 2 nitrogen and oxygen atoms in total. The van der Waals surface area contributed by atoms with E-state index in [1.807, 2.05) is 0 Å². The predicted octanol–water partition coefficient (Wildman–Crippen LogP) is 7.65. The number of nitrogens with zero attached hydrogens (tertiary/aromatic N) is 2. The van der Waals surface area contributed by atoms with Crippen LogP contribution >= 0.6 is 0 Å². The number of para-hydroxylation sites is 2. The Morgan fingerprint density at radius 1 is 0.606 bits per heavy atom. The molecule has 3 aromatic heterocycles. The van der Waals surface area contributed by atoms with Crippen LogP contribution < -0.4 is 5.19 Å². The van der Waals surface area contributed by atoms with Crippen LogP contribution in [0, 0.1) is 0 Å². The van der Waals surface area contributed by atoms with Crippen LogP contribution in [-0.4, -0.2) is 17.5 Å². The van der Waals surface area contributed by atoms with Gasteiger partial charge in [0.15, 0.2) is 0 Å². The minimum atomic E-state index is -1.72. The van der Waals surface area contributed by atoms with Gasteiger partial charge in [-0.1, -0.05) is 80.3 Å². The van der Waals surface area contributed by atoms with Crippen LogP contribution in [0.3, 0.4) is 0 Å². The molecule has 7 rings (SSSR count). The Labute approximate surface area is 193 Å². The van der Waals surface area contributed by atoms with Crippen LogP contribution in [0.15, 0.2) is 91.0 Å². The van der Waals surface area contributed by atoms with E-state index in [2.05, 4.69) is 115 Å². The molecule has 3 heteroatoms. The molecule has 3 heterocycles. The van der Waals surface area contributed by atoms with Crippen LogP contribution in [0.4, 0.5) is 0 Å². The van der Waals surface area contributed by atoms with Gasteiger partial charge in [0.25, 0.3) is 0 Å². The van der Waals surface area contributed by atoms with E-state index in [-0.39, 0.29) is 0 Å². The summed E-state index contributed by atoms with van der Waals surface area (Å²) >= 11 is 0. The van der Waals surface area contributed by atoms with Crippen LogP contribution in [0.25, 0.3) is 59.9 Å². The van der Waals surface area contributed by atoms with Crippen molar-refractivity contribution < 1.29 is 0 Å². The second-order valence-electron chi connectivity index (χ2n) is 10.1. The maximum Gasteiger partial charge on any atom is 0.0823 e. The van der Waals surface area contributed by atoms with E-state index < -0.39 is 8.07 Å². The van der Waals surface area contributed by atoms with E-state index in [0.29, 0.717) is 0 Å². The molecule has 0 atom stereocenters. The summed E-state index contributed by atoms with van der Waals surface area (Å²) < 4.78 is 2.47. The molecule has 7 aromatic rings. The zero-order valence-corrected chi connectivity index (χ0v) is 20.1. The van der Waals surface area contributed by atoms with E-state index >= 15 is 0 Å². The third-order valence-corrected chi connectivity index (χ3v) is 8.99. The van der Waals surface area contributed by atoms with Crippen molar-refractivity contribution in [1.29, 1.82) is 0 Å². The zero-order chi connectivity index (χ0) is 22.3. The van der Waals surface area contributed by atoms with Crippen molar-refractivity contribution in [2.24, 2.45) is 0 Å². The number of pyridine rings is 2. The fourth-order valence-electron chi connectivity index (χ4n) is 5.64. The highest BCUT2D eigenvalue weighted by Gasteiger charge is 2.26. The first-order valence-electron chi connectivity index (χ1n) is 11.6. The van der Waals surface area contributed by atoms with Crippen molar-refractivity contribution >= 4 is 73.2 Å². The molecule has 0 spiro atoms. The van der Waals surface area contributed by atoms with Crippen molar-refractivity contribution in [3.8, 4) is 0 Å². The van der Waals surface area contributed by atoms with Gasteiger partial charge < -0.3 is 4.40 Å². The first-order valence-corrected chi connectivity index (χ1v) is 15.1. The van der Waals surface area contributed by atoms with Crippen molar-refractivity contribution in [3.05, 3.63) is 91.0 Å². The molecule has 0 aliphatic carbocycles. The molecule has 158 valence electrons. The van der Waals surface area contributed by atoms with Crippen molar-refractivity contribution in [2.75, 3.05) is 0 Å². The minimum Gasteiger partial charge on any atom is -0.308 e. The van der Waals surface area contributed by atoms with E-state index in [0.717, 1.165) is 11.0 Å². The summed E-state index contributed by atoms with van der Waals surface area (Å²) in [6.07, 6.45) is 0. The molecule has 0 unspecified atom stereocenters. The Morgan fingerprint density at radius 2 is 1.24 bits per heavy atom. The summed E-state index contributed by atoms with van der Waals surface area (Å²) in [5, 5.41) is 9.15. The van der Waals surface area contributed by atoms with Gasteiger partial charge in [-0.25, -0.2) is 4.98 Å². The predicted molar refractivity (Wildman–Crippen MR) is 146 cm³/mol. The summed E-state index contributed by atoms with van der Waals surface area (Å²) in [4.78, 5) is 5.32. The van der Waals surface area contributed by atoms with E-state index in [9.17, 15) is 0 Å². The molecule has 0 bridgehead atoms. The summed E-state index contributed by atoms with van der Waals surface area (Å²) in [5.74, 6) is 0. The van der Waals surface area contributed by atoms with Gasteiger partial charge in [0.1, 0.15) is 0 Å². The average Bonchev–Trinajstić information content (AvgIpc) is 3.21. The van der Waals surface area contributed by atoms with Gasteiger partial charge in [0.2, 0.25) is 0 Å². The van der Waals surface area contributed by atoms with Crippen molar-refractivity contribution in [2.45, 2.75) is 19.6 Å². The van der Waals surface area contributed by atoms with E-state index in [1.54, 1.807) is 0 Å². The van der Waals surface area contributed by atoms with Gasteiger partial charge >= 0.3 is 0 Å². The fraction of sp³-hybridized carbons (Fsp3) is 0.100. The summed E-state index contributed by atoms with van der Waals surface area (Å²) in [6.45, 7) is 7.37. The molecular weight excluding hydrogens is 416 g/mol. The van der Waals surface area contributed by atoms with E-state index in [1.165, 1.54) is 54.1 Å². The standard InChI is InChI=1S/C30H24N2Si/c1-33(2,3)30-22-13-7-8-14-24(22)31-29-23-16-19-10-4-5-11-20(19)17-26(23)32-25-15-9-6-12-21(25)18-27(32)28(29)30/h4-18H,1-3H3. The second-order valence-corrected chi connectivity index (χ2v) is 15.1. The Hall–Kier alpha value is -3.69. The van der Waals surface area contributed by atoms with Gasteiger partial charge in [0.05, 0.1) is 35.7 Å². The lowest BCUT2D eigenvalue weighted by Gasteiger charge is -2.23. The number of fused-ring (bicyclic) bond motifs is 10. The molecule has 4 aromatic carbocycles. The van der Waals surface area contributed by atoms with Gasteiger partial charge in [-0.2, -0.15) is 0 Å². The summed E-state index contributed by atoms with van der Waals surface area (Å²) in [6, 6.07) is 33.1. The molecule has 0 N–H and O–H groups in total. The maximum absolute atomic E-state index is 5.32. The summed E-state index contributed by atoms with van der Waals surface area (Å²) in [7, 11) is -1.72. The molecule has 0 radical (unpaired) electrons. The molecule has 0 amide bonds. The molecule has 0 saturated carbocycles. The lowest BCUT2D eigenvalue weighted by Crippen LogP contribution is -2.39. The Kier molecular flexibility index (Phi) is 3.67. The van der Waals surface area contributed by atoms with Gasteiger partial charge in [-0.05, 0) is 46.3 Å². The number of aromatic nitrogens is 2.